The molecule has 0 radical (unpaired) electrons. The summed E-state index contributed by atoms with van der Waals surface area (Å²) in [7, 11) is 0. The van der Waals surface area contributed by atoms with E-state index in [0.717, 1.165) is 28.2 Å². The van der Waals surface area contributed by atoms with E-state index < -0.39 is 5.97 Å². The van der Waals surface area contributed by atoms with Gasteiger partial charge in [0, 0.05) is 6.04 Å². The van der Waals surface area contributed by atoms with Gasteiger partial charge in [-0.05, 0) is 54.7 Å². The third kappa shape index (κ3) is 8.70. The average Bonchev–Trinajstić information content (AvgIpc) is 2.73. The minimum Gasteiger partial charge on any atom is -0.490 e. The Morgan fingerprint density at radius 2 is 1.77 bits per heavy atom. The SMILES string of the molecule is C=CCOc1ccc(COc2ccc(CC(=O)O)cc2C)cc1.NC1CCCCC1. The topological polar surface area (TPSA) is 81.8 Å². The molecule has 0 saturated heterocycles. The molecule has 3 rings (SSSR count). The molecule has 0 spiro atoms. The fraction of sp³-hybridized carbons (Fsp3) is 0.400. The maximum absolute atomic E-state index is 10.7. The number of carboxylic acids is 1. The van der Waals surface area contributed by atoms with Gasteiger partial charge in [0.05, 0.1) is 6.42 Å². The lowest BCUT2D eigenvalue weighted by atomic mass is 9.97. The molecular formula is C25H33NO4. The van der Waals surface area contributed by atoms with Gasteiger partial charge in [0.25, 0.3) is 0 Å². The molecule has 0 heterocycles. The third-order valence-corrected chi connectivity index (χ3v) is 4.93. The van der Waals surface area contributed by atoms with Crippen LogP contribution >= 0.6 is 0 Å². The monoisotopic (exact) mass is 411 g/mol. The lowest BCUT2D eigenvalue weighted by molar-refractivity contribution is -0.136. The van der Waals surface area contributed by atoms with Gasteiger partial charge < -0.3 is 20.3 Å². The minimum absolute atomic E-state index is 0.0211. The van der Waals surface area contributed by atoms with Crippen LogP contribution in [0.3, 0.4) is 0 Å². The largest absolute Gasteiger partial charge is 0.490 e. The smallest absolute Gasteiger partial charge is 0.307 e. The van der Waals surface area contributed by atoms with E-state index in [9.17, 15) is 4.79 Å². The first-order valence-corrected chi connectivity index (χ1v) is 10.5. The van der Waals surface area contributed by atoms with Gasteiger partial charge in [0.2, 0.25) is 0 Å². The molecule has 1 aliphatic carbocycles. The van der Waals surface area contributed by atoms with Crippen molar-refractivity contribution in [2.45, 2.75) is 58.1 Å². The normalized spacial score (nSPS) is 13.7. The molecule has 0 aliphatic heterocycles. The van der Waals surface area contributed by atoms with Crippen LogP contribution in [-0.4, -0.2) is 23.7 Å². The molecular weight excluding hydrogens is 378 g/mol. The van der Waals surface area contributed by atoms with Gasteiger partial charge in [-0.1, -0.05) is 56.2 Å². The molecule has 1 aliphatic rings. The number of benzene rings is 2. The van der Waals surface area contributed by atoms with E-state index in [-0.39, 0.29) is 6.42 Å². The van der Waals surface area contributed by atoms with E-state index in [0.29, 0.717) is 19.3 Å². The first-order valence-electron chi connectivity index (χ1n) is 10.5. The summed E-state index contributed by atoms with van der Waals surface area (Å²) >= 11 is 0. The summed E-state index contributed by atoms with van der Waals surface area (Å²) in [5.74, 6) is 0.714. The van der Waals surface area contributed by atoms with E-state index >= 15 is 0 Å². The summed E-state index contributed by atoms with van der Waals surface area (Å²) in [6, 6.07) is 13.7. The van der Waals surface area contributed by atoms with Crippen molar-refractivity contribution in [3.8, 4) is 11.5 Å². The molecule has 0 aromatic heterocycles. The average molecular weight is 412 g/mol. The van der Waals surface area contributed by atoms with Crippen molar-refractivity contribution in [1.82, 2.24) is 0 Å². The van der Waals surface area contributed by atoms with Crippen LogP contribution in [0.1, 0.15) is 48.8 Å². The third-order valence-electron chi connectivity index (χ3n) is 4.93. The minimum atomic E-state index is -0.836. The highest BCUT2D eigenvalue weighted by atomic mass is 16.5. The van der Waals surface area contributed by atoms with Crippen molar-refractivity contribution in [3.63, 3.8) is 0 Å². The van der Waals surface area contributed by atoms with Crippen molar-refractivity contribution >= 4 is 5.97 Å². The van der Waals surface area contributed by atoms with Crippen LogP contribution < -0.4 is 15.2 Å². The van der Waals surface area contributed by atoms with Crippen molar-refractivity contribution in [3.05, 3.63) is 71.8 Å². The van der Waals surface area contributed by atoms with Crippen molar-refractivity contribution in [2.75, 3.05) is 6.61 Å². The molecule has 30 heavy (non-hydrogen) atoms. The van der Waals surface area contributed by atoms with Gasteiger partial charge in [-0.3, -0.25) is 4.79 Å². The van der Waals surface area contributed by atoms with Gasteiger partial charge in [-0.2, -0.15) is 0 Å². The van der Waals surface area contributed by atoms with Crippen LogP contribution in [0.4, 0.5) is 0 Å². The summed E-state index contributed by atoms with van der Waals surface area (Å²) in [6.07, 6.45) is 8.39. The number of carboxylic acid groups (broad SMARTS) is 1. The van der Waals surface area contributed by atoms with E-state index in [4.69, 9.17) is 20.3 Å². The Kier molecular flexibility index (Phi) is 9.95. The summed E-state index contributed by atoms with van der Waals surface area (Å²) in [5.41, 5.74) is 8.36. The first-order chi connectivity index (χ1) is 14.5. The van der Waals surface area contributed by atoms with E-state index in [1.807, 2.05) is 43.3 Å². The van der Waals surface area contributed by atoms with E-state index in [2.05, 4.69) is 6.58 Å². The maximum Gasteiger partial charge on any atom is 0.307 e. The van der Waals surface area contributed by atoms with Crippen LogP contribution in [0, 0.1) is 6.92 Å². The molecule has 0 amide bonds. The highest BCUT2D eigenvalue weighted by molar-refractivity contribution is 5.70. The molecule has 0 unspecified atom stereocenters. The quantitative estimate of drug-likeness (QED) is 0.595. The molecule has 5 heteroatoms. The Morgan fingerprint density at radius 3 is 2.30 bits per heavy atom. The van der Waals surface area contributed by atoms with E-state index in [1.165, 1.54) is 32.1 Å². The molecule has 1 saturated carbocycles. The summed E-state index contributed by atoms with van der Waals surface area (Å²) < 4.78 is 11.2. The molecule has 0 bridgehead atoms. The molecule has 5 nitrogen and oxygen atoms in total. The van der Waals surface area contributed by atoms with Crippen molar-refractivity contribution in [1.29, 1.82) is 0 Å². The zero-order valence-electron chi connectivity index (χ0n) is 17.8. The van der Waals surface area contributed by atoms with Crippen LogP contribution in [0.15, 0.2) is 55.1 Å². The summed E-state index contributed by atoms with van der Waals surface area (Å²) in [6.45, 7) is 6.45. The predicted molar refractivity (Wildman–Crippen MR) is 120 cm³/mol. The van der Waals surface area contributed by atoms with Crippen molar-refractivity contribution < 1.29 is 19.4 Å². The zero-order chi connectivity index (χ0) is 21.8. The summed E-state index contributed by atoms with van der Waals surface area (Å²) in [4.78, 5) is 10.7. The number of aryl methyl sites for hydroxylation is 1. The van der Waals surface area contributed by atoms with Crippen LogP contribution in [0.5, 0.6) is 11.5 Å². The number of hydrogen-bond acceptors (Lipinski definition) is 4. The standard InChI is InChI=1S/C19H20O4.C6H13N/c1-3-10-22-17-7-4-15(5-8-17)13-23-18-9-6-16(11-14(18)2)12-19(20)21;7-6-4-2-1-3-5-6/h3-9,11H,1,10,12-13H2,2H3,(H,20,21);6H,1-5,7H2. The lowest BCUT2D eigenvalue weighted by Gasteiger charge is -2.15. The second-order valence-corrected chi connectivity index (χ2v) is 7.60. The molecule has 0 atom stereocenters. The van der Waals surface area contributed by atoms with Crippen LogP contribution in [-0.2, 0) is 17.8 Å². The summed E-state index contributed by atoms with van der Waals surface area (Å²) in [5, 5.41) is 8.81. The number of hydrogen-bond donors (Lipinski definition) is 2. The number of rotatable bonds is 8. The van der Waals surface area contributed by atoms with Gasteiger partial charge >= 0.3 is 5.97 Å². The number of ether oxygens (including phenoxy) is 2. The Morgan fingerprint density at radius 1 is 1.10 bits per heavy atom. The first kappa shape index (κ1) is 23.5. The highest BCUT2D eigenvalue weighted by Gasteiger charge is 2.07. The van der Waals surface area contributed by atoms with Crippen molar-refractivity contribution in [2.24, 2.45) is 5.73 Å². The van der Waals surface area contributed by atoms with Gasteiger partial charge in [-0.15, -0.1) is 0 Å². The van der Waals surface area contributed by atoms with Crippen LogP contribution in [0.25, 0.3) is 0 Å². The van der Waals surface area contributed by atoms with E-state index in [1.54, 1.807) is 12.1 Å². The second kappa shape index (κ2) is 12.7. The van der Waals surface area contributed by atoms with Gasteiger partial charge in [0.1, 0.15) is 24.7 Å². The van der Waals surface area contributed by atoms with Gasteiger partial charge in [0.15, 0.2) is 0 Å². The number of nitrogens with two attached hydrogens (primary N) is 1. The predicted octanol–water partition coefficient (Wildman–Crippen LogP) is 5.04. The molecule has 3 N–H and O–H groups in total. The Balaban J connectivity index is 0.000000386. The molecule has 162 valence electrons. The number of carbonyl (C=O) groups is 1. The highest BCUT2D eigenvalue weighted by Crippen LogP contribution is 2.21. The molecule has 2 aromatic carbocycles. The molecule has 2 aromatic rings. The fourth-order valence-electron chi connectivity index (χ4n) is 3.29. The number of aliphatic carboxylic acids is 1. The molecule has 1 fully saturated rings. The fourth-order valence-corrected chi connectivity index (χ4v) is 3.29. The Bertz CT molecular complexity index is 795. The van der Waals surface area contributed by atoms with Gasteiger partial charge in [-0.25, -0.2) is 0 Å². The maximum atomic E-state index is 10.7. The Labute approximate surface area is 179 Å². The zero-order valence-corrected chi connectivity index (χ0v) is 17.8. The lowest BCUT2D eigenvalue weighted by Crippen LogP contribution is -2.22. The second-order valence-electron chi connectivity index (χ2n) is 7.60. The Hall–Kier alpha value is -2.79. The van der Waals surface area contributed by atoms with Crippen LogP contribution in [0.2, 0.25) is 0 Å².